The summed E-state index contributed by atoms with van der Waals surface area (Å²) in [6.45, 7) is 6.20. The molecule has 0 amide bonds. The molecule has 4 rings (SSSR count). The van der Waals surface area contributed by atoms with Gasteiger partial charge in [0.2, 0.25) is 0 Å². The molecule has 0 fully saturated rings. The zero-order valence-corrected chi connectivity index (χ0v) is 14.0. The Labute approximate surface area is 146 Å². The molecule has 0 bridgehead atoms. The number of pyridine rings is 1. The highest BCUT2D eigenvalue weighted by Gasteiger charge is 2.09. The van der Waals surface area contributed by atoms with Crippen molar-refractivity contribution in [3.05, 3.63) is 84.6 Å². The maximum Gasteiger partial charge on any atom is 0.157 e. The highest BCUT2D eigenvalue weighted by atomic mass is 15.0. The van der Waals surface area contributed by atoms with Crippen molar-refractivity contribution in [1.29, 1.82) is 0 Å². The van der Waals surface area contributed by atoms with Gasteiger partial charge in [-0.1, -0.05) is 43.0 Å². The number of anilines is 1. The van der Waals surface area contributed by atoms with E-state index in [2.05, 4.69) is 34.9 Å². The van der Waals surface area contributed by atoms with Crippen molar-refractivity contribution >= 4 is 22.4 Å². The fraction of sp³-hybridized carbons (Fsp3) is 0.0476. The van der Waals surface area contributed by atoms with Crippen LogP contribution in [0.1, 0.15) is 11.3 Å². The second kappa shape index (κ2) is 6.24. The topological polar surface area (TPSA) is 53.6 Å². The molecule has 25 heavy (non-hydrogen) atoms. The van der Waals surface area contributed by atoms with E-state index in [4.69, 9.17) is 4.98 Å². The van der Waals surface area contributed by atoms with E-state index < -0.39 is 0 Å². The van der Waals surface area contributed by atoms with Crippen LogP contribution in [0.3, 0.4) is 0 Å². The van der Waals surface area contributed by atoms with Crippen molar-refractivity contribution in [3.63, 3.8) is 0 Å². The van der Waals surface area contributed by atoms with Gasteiger partial charge in [0, 0.05) is 5.69 Å². The number of nitrogens with one attached hydrogen (secondary N) is 2. The van der Waals surface area contributed by atoms with Crippen LogP contribution < -0.4 is 5.32 Å². The summed E-state index contributed by atoms with van der Waals surface area (Å²) < 4.78 is 0. The van der Waals surface area contributed by atoms with Gasteiger partial charge in [-0.05, 0) is 42.8 Å². The van der Waals surface area contributed by atoms with Crippen molar-refractivity contribution < 1.29 is 0 Å². The molecule has 4 aromatic rings. The van der Waals surface area contributed by atoms with Crippen LogP contribution >= 0.6 is 0 Å². The summed E-state index contributed by atoms with van der Waals surface area (Å²) >= 11 is 0. The van der Waals surface area contributed by atoms with Gasteiger partial charge in [0.15, 0.2) is 5.82 Å². The first-order valence-corrected chi connectivity index (χ1v) is 8.15. The third kappa shape index (κ3) is 3.02. The van der Waals surface area contributed by atoms with E-state index in [1.54, 1.807) is 0 Å². The minimum absolute atomic E-state index is 0.756. The second-order valence-corrected chi connectivity index (χ2v) is 5.93. The van der Waals surface area contributed by atoms with Crippen molar-refractivity contribution in [2.24, 2.45) is 0 Å². The van der Waals surface area contributed by atoms with Crippen LogP contribution in [0.25, 0.3) is 28.2 Å². The zero-order valence-electron chi connectivity index (χ0n) is 14.0. The maximum absolute atomic E-state index is 4.71. The number of benzene rings is 2. The first kappa shape index (κ1) is 15.1. The highest BCUT2D eigenvalue weighted by Crippen LogP contribution is 2.22. The van der Waals surface area contributed by atoms with Gasteiger partial charge in [-0.15, -0.1) is 0 Å². The molecule has 0 aliphatic rings. The van der Waals surface area contributed by atoms with Gasteiger partial charge in [0.05, 0.1) is 22.4 Å². The summed E-state index contributed by atoms with van der Waals surface area (Å²) in [5.41, 5.74) is 6.47. The van der Waals surface area contributed by atoms with Crippen LogP contribution in [-0.4, -0.2) is 15.0 Å². The number of H-pyrrole nitrogens is 1. The predicted octanol–water partition coefficient (Wildman–Crippen LogP) is 5.02. The van der Waals surface area contributed by atoms with E-state index in [-0.39, 0.29) is 0 Å². The number of fused-ring (bicyclic) bond motifs is 1. The van der Waals surface area contributed by atoms with E-state index in [0.29, 0.717) is 0 Å². The van der Waals surface area contributed by atoms with Crippen LogP contribution in [-0.2, 0) is 0 Å². The molecule has 4 nitrogen and oxygen atoms in total. The van der Waals surface area contributed by atoms with Crippen LogP contribution in [0.15, 0.2) is 73.3 Å². The van der Waals surface area contributed by atoms with E-state index in [9.17, 15) is 0 Å². The van der Waals surface area contributed by atoms with Gasteiger partial charge in [-0.25, -0.2) is 9.97 Å². The van der Waals surface area contributed by atoms with Gasteiger partial charge < -0.3 is 10.3 Å². The molecule has 0 radical (unpaired) electrons. The largest absolute Gasteiger partial charge is 0.354 e. The molecule has 2 aromatic heterocycles. The summed E-state index contributed by atoms with van der Waals surface area (Å²) in [5, 5.41) is 3.34. The molecule has 2 N–H and O–H groups in total. The lowest BCUT2D eigenvalue weighted by molar-refractivity contribution is 1.21. The number of aromatic amines is 1. The molecule has 4 heteroatoms. The molecule has 2 aromatic carbocycles. The predicted molar refractivity (Wildman–Crippen MR) is 103 cm³/mol. The molecular formula is C21H18N4. The lowest BCUT2D eigenvalue weighted by Crippen LogP contribution is -2.01. The summed E-state index contributed by atoms with van der Waals surface area (Å²) in [5.74, 6) is 0.756. The average Bonchev–Trinajstić information content (AvgIpc) is 3.08. The Morgan fingerprint density at radius 2 is 1.72 bits per heavy atom. The van der Waals surface area contributed by atoms with Gasteiger partial charge in [0.25, 0.3) is 0 Å². The van der Waals surface area contributed by atoms with Crippen molar-refractivity contribution in [1.82, 2.24) is 15.0 Å². The Bertz CT molecular complexity index is 1030. The lowest BCUT2D eigenvalue weighted by atomic mass is 10.2. The Hall–Kier alpha value is -3.40. The van der Waals surface area contributed by atoms with Gasteiger partial charge in [-0.3, -0.25) is 0 Å². The first-order valence-electron chi connectivity index (χ1n) is 8.15. The molecule has 0 unspecified atom stereocenters. The third-order valence-corrected chi connectivity index (χ3v) is 4.12. The summed E-state index contributed by atoms with van der Waals surface area (Å²) in [4.78, 5) is 12.6. The Morgan fingerprint density at radius 3 is 2.56 bits per heavy atom. The minimum atomic E-state index is 0.756. The molecule has 0 saturated carbocycles. The minimum Gasteiger partial charge on any atom is -0.354 e. The van der Waals surface area contributed by atoms with Crippen molar-refractivity contribution in [2.75, 3.05) is 5.32 Å². The molecule has 122 valence electrons. The first-order chi connectivity index (χ1) is 12.2. The second-order valence-electron chi connectivity index (χ2n) is 5.93. The molecule has 0 aliphatic heterocycles. The number of imidazole rings is 1. The van der Waals surface area contributed by atoms with Crippen LogP contribution in [0.2, 0.25) is 0 Å². The van der Waals surface area contributed by atoms with E-state index in [1.165, 1.54) is 0 Å². The number of aromatic nitrogens is 3. The van der Waals surface area contributed by atoms with Crippen molar-refractivity contribution in [3.8, 4) is 11.5 Å². The number of hydrogen-bond donors (Lipinski definition) is 2. The summed E-state index contributed by atoms with van der Waals surface area (Å²) in [7, 11) is 0. The van der Waals surface area contributed by atoms with E-state index in [1.807, 2.05) is 60.7 Å². The molecular weight excluding hydrogens is 308 g/mol. The van der Waals surface area contributed by atoms with Crippen LogP contribution in [0, 0.1) is 6.92 Å². The lowest BCUT2D eigenvalue weighted by Gasteiger charge is -2.12. The molecule has 2 heterocycles. The number of hydrogen-bond acceptors (Lipinski definition) is 3. The monoisotopic (exact) mass is 326 g/mol. The Morgan fingerprint density at radius 1 is 0.920 bits per heavy atom. The Kier molecular flexibility index (Phi) is 3.78. The zero-order chi connectivity index (χ0) is 17.2. The quantitative estimate of drug-likeness (QED) is 0.554. The molecule has 0 aliphatic carbocycles. The number of rotatable bonds is 4. The van der Waals surface area contributed by atoms with Gasteiger partial charge >= 0.3 is 0 Å². The SMILES string of the molecule is C=C(Nc1ccccc1C)c1cccc(-c2nc3ccccc3[nH]2)n1. The standard InChI is InChI=1S/C21H18N4/c1-14-8-3-4-9-16(14)22-15(2)17-12-7-13-20(23-17)21-24-18-10-5-6-11-19(18)25-21/h3-13,22H,2H2,1H3,(H,24,25). The smallest absolute Gasteiger partial charge is 0.157 e. The van der Waals surface area contributed by atoms with Crippen LogP contribution in [0.4, 0.5) is 5.69 Å². The fourth-order valence-electron chi connectivity index (χ4n) is 2.75. The Balaban J connectivity index is 1.65. The summed E-state index contributed by atoms with van der Waals surface area (Å²) in [6, 6.07) is 21.9. The fourth-order valence-corrected chi connectivity index (χ4v) is 2.75. The van der Waals surface area contributed by atoms with Gasteiger partial charge in [-0.2, -0.15) is 0 Å². The summed E-state index contributed by atoms with van der Waals surface area (Å²) in [6.07, 6.45) is 0. The molecule has 0 atom stereocenters. The highest BCUT2D eigenvalue weighted by molar-refractivity contribution is 5.79. The van der Waals surface area contributed by atoms with Crippen LogP contribution in [0.5, 0.6) is 0 Å². The van der Waals surface area contributed by atoms with Crippen molar-refractivity contribution in [2.45, 2.75) is 6.92 Å². The number of aryl methyl sites for hydroxylation is 1. The van der Waals surface area contributed by atoms with E-state index in [0.717, 1.165) is 45.2 Å². The average molecular weight is 326 g/mol. The molecule has 0 spiro atoms. The maximum atomic E-state index is 4.71. The normalized spacial score (nSPS) is 10.8. The van der Waals surface area contributed by atoms with E-state index >= 15 is 0 Å². The third-order valence-electron chi connectivity index (χ3n) is 4.12. The number of nitrogens with zero attached hydrogens (tertiary/aromatic N) is 2. The van der Waals surface area contributed by atoms with Gasteiger partial charge in [0.1, 0.15) is 5.69 Å². The molecule has 0 saturated heterocycles. The number of para-hydroxylation sites is 3.